The molecule has 1 aliphatic rings. The zero-order valence-corrected chi connectivity index (χ0v) is 13.3. The first-order chi connectivity index (χ1) is 10.2. The van der Waals surface area contributed by atoms with E-state index in [-0.39, 0.29) is 10.9 Å². The summed E-state index contributed by atoms with van der Waals surface area (Å²) in [7, 11) is -3.47. The van der Waals surface area contributed by atoms with E-state index in [0.29, 0.717) is 19.5 Å². The molecule has 1 heterocycles. The first-order valence-corrected chi connectivity index (χ1v) is 9.22. The van der Waals surface area contributed by atoms with Crippen molar-refractivity contribution >= 4 is 10.0 Å². The molecule has 0 bridgehead atoms. The third kappa shape index (κ3) is 4.25. The summed E-state index contributed by atoms with van der Waals surface area (Å²) in [4.78, 5) is 4.23. The zero-order chi connectivity index (χ0) is 15.1. The molecule has 0 saturated heterocycles. The minimum atomic E-state index is -3.47. The quantitative estimate of drug-likeness (QED) is 0.817. The smallest absolute Gasteiger partial charge is 0.244 e. The molecule has 1 fully saturated rings. The van der Waals surface area contributed by atoms with Gasteiger partial charge in [-0.3, -0.25) is 4.98 Å². The second kappa shape index (κ2) is 7.87. The molecule has 0 radical (unpaired) electrons. The summed E-state index contributed by atoms with van der Waals surface area (Å²) in [5.41, 5.74) is 5.59. The predicted molar refractivity (Wildman–Crippen MR) is 83.3 cm³/mol. The Morgan fingerprint density at radius 3 is 2.52 bits per heavy atom. The van der Waals surface area contributed by atoms with Crippen LogP contribution >= 0.6 is 0 Å². The van der Waals surface area contributed by atoms with Crippen LogP contribution in [-0.2, 0) is 10.0 Å². The number of pyridine rings is 1. The lowest BCUT2D eigenvalue weighted by molar-refractivity contribution is 0.290. The maximum atomic E-state index is 12.9. The maximum absolute atomic E-state index is 12.9. The van der Waals surface area contributed by atoms with Crippen LogP contribution in [0.1, 0.15) is 44.9 Å². The van der Waals surface area contributed by atoms with E-state index in [2.05, 4.69) is 4.98 Å². The van der Waals surface area contributed by atoms with Crippen molar-refractivity contribution in [1.29, 1.82) is 0 Å². The fourth-order valence-electron chi connectivity index (χ4n) is 2.93. The fraction of sp³-hybridized carbons (Fsp3) is 0.667. The van der Waals surface area contributed by atoms with Gasteiger partial charge in [0.2, 0.25) is 10.0 Å². The first kappa shape index (κ1) is 16.4. The van der Waals surface area contributed by atoms with Gasteiger partial charge in [-0.25, -0.2) is 8.42 Å². The zero-order valence-electron chi connectivity index (χ0n) is 12.4. The van der Waals surface area contributed by atoms with E-state index >= 15 is 0 Å². The highest BCUT2D eigenvalue weighted by Crippen LogP contribution is 2.27. The van der Waals surface area contributed by atoms with Gasteiger partial charge in [0.1, 0.15) is 4.90 Å². The lowest BCUT2D eigenvalue weighted by atomic mass is 10.1. The van der Waals surface area contributed by atoms with Crippen LogP contribution in [0.25, 0.3) is 0 Å². The second-order valence-corrected chi connectivity index (χ2v) is 7.48. The normalized spacial score (nSPS) is 17.8. The van der Waals surface area contributed by atoms with Crippen molar-refractivity contribution in [2.24, 2.45) is 5.73 Å². The van der Waals surface area contributed by atoms with Gasteiger partial charge in [0.05, 0.1) is 0 Å². The Balaban J connectivity index is 2.25. The molecule has 5 nitrogen and oxygen atoms in total. The summed E-state index contributed by atoms with van der Waals surface area (Å²) in [6.07, 6.45) is 10.2. The van der Waals surface area contributed by atoms with Crippen molar-refractivity contribution in [2.75, 3.05) is 13.1 Å². The van der Waals surface area contributed by atoms with Gasteiger partial charge in [0.15, 0.2) is 0 Å². The van der Waals surface area contributed by atoms with E-state index in [1.807, 2.05) is 0 Å². The van der Waals surface area contributed by atoms with Crippen LogP contribution in [0.2, 0.25) is 0 Å². The van der Waals surface area contributed by atoms with Crippen molar-refractivity contribution in [3.8, 4) is 0 Å². The number of hydrogen-bond donors (Lipinski definition) is 1. The summed E-state index contributed by atoms with van der Waals surface area (Å²) >= 11 is 0. The van der Waals surface area contributed by atoms with Crippen LogP contribution in [0.15, 0.2) is 29.4 Å². The monoisotopic (exact) mass is 311 g/mol. The third-order valence-electron chi connectivity index (χ3n) is 4.06. The summed E-state index contributed by atoms with van der Waals surface area (Å²) < 4.78 is 27.5. The Morgan fingerprint density at radius 2 is 1.95 bits per heavy atom. The molecule has 6 heteroatoms. The number of nitrogens with zero attached hydrogens (tertiary/aromatic N) is 2. The molecular formula is C15H25N3O2S. The van der Waals surface area contributed by atoms with Gasteiger partial charge in [-0.2, -0.15) is 4.31 Å². The Kier molecular flexibility index (Phi) is 6.14. The molecule has 2 rings (SSSR count). The first-order valence-electron chi connectivity index (χ1n) is 7.78. The molecule has 1 saturated carbocycles. The molecule has 2 N–H and O–H groups in total. The molecule has 0 aromatic carbocycles. The van der Waals surface area contributed by atoms with Gasteiger partial charge >= 0.3 is 0 Å². The number of sulfonamides is 1. The molecule has 0 spiro atoms. The van der Waals surface area contributed by atoms with Gasteiger partial charge in [0.25, 0.3) is 0 Å². The largest absolute Gasteiger partial charge is 0.330 e. The van der Waals surface area contributed by atoms with E-state index in [0.717, 1.165) is 25.7 Å². The highest BCUT2D eigenvalue weighted by atomic mass is 32.2. The van der Waals surface area contributed by atoms with E-state index in [4.69, 9.17) is 5.73 Å². The molecule has 0 amide bonds. The predicted octanol–water partition coefficient (Wildman–Crippen LogP) is 2.14. The van der Waals surface area contributed by atoms with Gasteiger partial charge in [-0.1, -0.05) is 25.7 Å². The minimum Gasteiger partial charge on any atom is -0.330 e. The van der Waals surface area contributed by atoms with Crippen LogP contribution < -0.4 is 5.73 Å². The number of rotatable bonds is 6. The number of aromatic nitrogens is 1. The molecule has 1 aliphatic carbocycles. The fourth-order valence-corrected chi connectivity index (χ4v) is 4.62. The Bertz CT molecular complexity index is 511. The van der Waals surface area contributed by atoms with E-state index in [1.165, 1.54) is 19.0 Å². The highest BCUT2D eigenvalue weighted by molar-refractivity contribution is 7.89. The van der Waals surface area contributed by atoms with Crippen molar-refractivity contribution in [1.82, 2.24) is 9.29 Å². The maximum Gasteiger partial charge on any atom is 0.244 e. The van der Waals surface area contributed by atoms with Crippen molar-refractivity contribution in [3.63, 3.8) is 0 Å². The van der Waals surface area contributed by atoms with Crippen LogP contribution in [0, 0.1) is 0 Å². The molecule has 0 aliphatic heterocycles. The summed E-state index contributed by atoms with van der Waals surface area (Å²) in [6.45, 7) is 1.00. The number of nitrogens with two attached hydrogens (primary N) is 1. The number of hydrogen-bond acceptors (Lipinski definition) is 4. The third-order valence-corrected chi connectivity index (χ3v) is 5.99. The molecule has 1 aromatic heterocycles. The second-order valence-electron chi connectivity index (χ2n) is 5.59. The van der Waals surface area contributed by atoms with Gasteiger partial charge in [-0.05, 0) is 37.9 Å². The lowest BCUT2D eigenvalue weighted by Gasteiger charge is -2.30. The molecule has 21 heavy (non-hydrogen) atoms. The van der Waals surface area contributed by atoms with E-state index in [1.54, 1.807) is 22.6 Å². The van der Waals surface area contributed by atoms with Crippen LogP contribution in [0.4, 0.5) is 0 Å². The minimum absolute atomic E-state index is 0.101. The molecule has 118 valence electrons. The molecule has 0 unspecified atom stereocenters. The van der Waals surface area contributed by atoms with Gasteiger partial charge < -0.3 is 5.73 Å². The van der Waals surface area contributed by atoms with Crippen molar-refractivity contribution < 1.29 is 8.42 Å². The van der Waals surface area contributed by atoms with Gasteiger partial charge in [-0.15, -0.1) is 0 Å². The molecule has 1 aromatic rings. The summed E-state index contributed by atoms with van der Waals surface area (Å²) in [5.74, 6) is 0. The average molecular weight is 311 g/mol. The topological polar surface area (TPSA) is 76.3 Å². The highest BCUT2D eigenvalue weighted by Gasteiger charge is 2.31. The standard InChI is InChI=1S/C15H25N3O2S/c16-10-6-12-18(14-7-3-1-2-4-8-14)21(19,20)15-9-5-11-17-13-15/h5,9,11,13-14H,1-4,6-8,10,12,16H2. The summed E-state index contributed by atoms with van der Waals surface area (Å²) in [5, 5.41) is 0. The molecule has 0 atom stereocenters. The Labute approximate surface area is 127 Å². The van der Waals surface area contributed by atoms with E-state index < -0.39 is 10.0 Å². The van der Waals surface area contributed by atoms with Gasteiger partial charge in [0, 0.05) is 25.0 Å². The molecular weight excluding hydrogens is 286 g/mol. The average Bonchev–Trinajstić information content (AvgIpc) is 2.77. The Hall–Kier alpha value is -0.980. The Morgan fingerprint density at radius 1 is 1.24 bits per heavy atom. The van der Waals surface area contributed by atoms with Crippen molar-refractivity contribution in [2.45, 2.75) is 55.9 Å². The van der Waals surface area contributed by atoms with E-state index in [9.17, 15) is 8.42 Å². The van der Waals surface area contributed by atoms with Crippen LogP contribution in [0.3, 0.4) is 0 Å². The van der Waals surface area contributed by atoms with Crippen molar-refractivity contribution in [3.05, 3.63) is 24.5 Å². The van der Waals surface area contributed by atoms with Crippen LogP contribution in [-0.4, -0.2) is 36.8 Å². The van der Waals surface area contributed by atoms with Crippen LogP contribution in [0.5, 0.6) is 0 Å². The summed E-state index contributed by atoms with van der Waals surface area (Å²) in [6, 6.07) is 3.39. The lowest BCUT2D eigenvalue weighted by Crippen LogP contribution is -2.41. The SMILES string of the molecule is NCCCN(C1CCCCCC1)S(=O)(=O)c1cccnc1.